The molecule has 1 N–H and O–H groups in total. The average Bonchev–Trinajstić information content (AvgIpc) is 2.63. The standard InChI is InChI=1S/C14H13NO2S/c1-10-6-8-11(9-7-10)14-12-4-2-3-5-13(12)18(16,17)15-14/h2-9,14-15H,1H3. The fourth-order valence-corrected chi connectivity index (χ4v) is 3.71. The van der Waals surface area contributed by atoms with E-state index in [0.717, 1.165) is 16.7 Å². The second kappa shape index (κ2) is 3.93. The molecule has 3 rings (SSSR count). The molecule has 1 aliphatic rings. The molecule has 2 aromatic rings. The summed E-state index contributed by atoms with van der Waals surface area (Å²) in [5.41, 5.74) is 2.95. The molecule has 0 amide bonds. The summed E-state index contributed by atoms with van der Waals surface area (Å²) in [5, 5.41) is 0. The summed E-state index contributed by atoms with van der Waals surface area (Å²) in [4.78, 5) is 0.385. The zero-order chi connectivity index (χ0) is 12.8. The van der Waals surface area contributed by atoms with Crippen molar-refractivity contribution in [1.29, 1.82) is 0 Å². The minimum atomic E-state index is -3.36. The summed E-state index contributed by atoms with van der Waals surface area (Å²) < 4.78 is 26.7. The van der Waals surface area contributed by atoms with Crippen LogP contribution in [-0.4, -0.2) is 8.42 Å². The molecule has 1 atom stereocenters. The summed E-state index contributed by atoms with van der Waals surface area (Å²) >= 11 is 0. The van der Waals surface area contributed by atoms with Gasteiger partial charge in [-0.25, -0.2) is 8.42 Å². The molecular formula is C14H13NO2S. The molecule has 2 aromatic carbocycles. The zero-order valence-corrected chi connectivity index (χ0v) is 10.7. The first kappa shape index (κ1) is 11.4. The van der Waals surface area contributed by atoms with E-state index in [4.69, 9.17) is 0 Å². The second-order valence-electron chi connectivity index (χ2n) is 4.50. The van der Waals surface area contributed by atoms with Crippen molar-refractivity contribution in [3.8, 4) is 0 Å². The molecule has 0 saturated carbocycles. The Bertz CT molecular complexity index is 690. The van der Waals surface area contributed by atoms with Crippen molar-refractivity contribution >= 4 is 10.0 Å². The maximum atomic E-state index is 12.0. The minimum Gasteiger partial charge on any atom is -0.207 e. The Hall–Kier alpha value is -1.65. The highest BCUT2D eigenvalue weighted by atomic mass is 32.2. The van der Waals surface area contributed by atoms with Gasteiger partial charge in [-0.05, 0) is 24.1 Å². The lowest BCUT2D eigenvalue weighted by atomic mass is 9.99. The molecule has 0 spiro atoms. The molecule has 18 heavy (non-hydrogen) atoms. The molecule has 1 aliphatic heterocycles. The molecule has 3 nitrogen and oxygen atoms in total. The quantitative estimate of drug-likeness (QED) is 0.854. The van der Waals surface area contributed by atoms with Gasteiger partial charge in [0.05, 0.1) is 10.9 Å². The number of hydrogen-bond donors (Lipinski definition) is 1. The Morgan fingerprint density at radius 3 is 2.39 bits per heavy atom. The lowest BCUT2D eigenvalue weighted by molar-refractivity contribution is 0.585. The largest absolute Gasteiger partial charge is 0.241 e. The van der Waals surface area contributed by atoms with Crippen LogP contribution in [0.1, 0.15) is 22.7 Å². The molecule has 0 bridgehead atoms. The van der Waals surface area contributed by atoms with Crippen LogP contribution >= 0.6 is 0 Å². The van der Waals surface area contributed by atoms with Gasteiger partial charge >= 0.3 is 0 Å². The Morgan fingerprint density at radius 2 is 1.67 bits per heavy atom. The lowest BCUT2D eigenvalue weighted by Crippen LogP contribution is -2.20. The van der Waals surface area contributed by atoms with Gasteiger partial charge in [0.15, 0.2) is 0 Å². The molecule has 4 heteroatoms. The fourth-order valence-electron chi connectivity index (χ4n) is 2.25. The molecule has 0 aliphatic carbocycles. The van der Waals surface area contributed by atoms with Crippen molar-refractivity contribution in [2.45, 2.75) is 17.9 Å². The normalized spacial score (nSPS) is 20.6. The van der Waals surface area contributed by atoms with E-state index >= 15 is 0 Å². The van der Waals surface area contributed by atoms with Crippen LogP contribution < -0.4 is 4.72 Å². The van der Waals surface area contributed by atoms with Crippen LogP contribution in [0.3, 0.4) is 0 Å². The summed E-state index contributed by atoms with van der Waals surface area (Å²) in [5.74, 6) is 0. The van der Waals surface area contributed by atoms with Gasteiger partial charge in [0.2, 0.25) is 10.0 Å². The minimum absolute atomic E-state index is 0.271. The van der Waals surface area contributed by atoms with Crippen LogP contribution in [0.25, 0.3) is 0 Å². The van der Waals surface area contributed by atoms with Crippen molar-refractivity contribution < 1.29 is 8.42 Å². The highest BCUT2D eigenvalue weighted by Crippen LogP contribution is 2.34. The van der Waals surface area contributed by atoms with Gasteiger partial charge in [0, 0.05) is 0 Å². The number of hydrogen-bond acceptors (Lipinski definition) is 2. The third-order valence-electron chi connectivity index (χ3n) is 3.20. The SMILES string of the molecule is Cc1ccc(C2NS(=O)(=O)c3ccccc32)cc1. The average molecular weight is 259 g/mol. The lowest BCUT2D eigenvalue weighted by Gasteiger charge is -2.11. The van der Waals surface area contributed by atoms with Crippen LogP contribution in [0, 0.1) is 6.92 Å². The van der Waals surface area contributed by atoms with Gasteiger partial charge in [0.25, 0.3) is 0 Å². The first-order valence-corrected chi connectivity index (χ1v) is 7.24. The zero-order valence-electron chi connectivity index (χ0n) is 9.92. The van der Waals surface area contributed by atoms with Gasteiger partial charge in [0.1, 0.15) is 0 Å². The Balaban J connectivity index is 2.14. The number of rotatable bonds is 1. The number of benzene rings is 2. The van der Waals surface area contributed by atoms with Crippen molar-refractivity contribution in [2.24, 2.45) is 0 Å². The molecule has 0 fully saturated rings. The molecule has 1 heterocycles. The predicted molar refractivity (Wildman–Crippen MR) is 69.8 cm³/mol. The highest BCUT2D eigenvalue weighted by molar-refractivity contribution is 7.89. The van der Waals surface area contributed by atoms with E-state index < -0.39 is 10.0 Å². The van der Waals surface area contributed by atoms with E-state index in [2.05, 4.69) is 4.72 Å². The number of nitrogens with one attached hydrogen (secondary N) is 1. The Labute approximate surface area is 107 Å². The molecule has 92 valence electrons. The summed E-state index contributed by atoms with van der Waals surface area (Å²) in [6.07, 6.45) is 0. The van der Waals surface area contributed by atoms with Crippen LogP contribution in [0.15, 0.2) is 53.4 Å². The van der Waals surface area contributed by atoms with Gasteiger partial charge in [-0.3, -0.25) is 0 Å². The van der Waals surface area contributed by atoms with Gasteiger partial charge in [-0.15, -0.1) is 0 Å². The first-order chi connectivity index (χ1) is 8.58. The van der Waals surface area contributed by atoms with Crippen molar-refractivity contribution in [3.05, 3.63) is 65.2 Å². The predicted octanol–water partition coefficient (Wildman–Crippen LogP) is 2.38. The number of sulfonamides is 1. The Kier molecular flexibility index (Phi) is 2.50. The molecule has 0 aromatic heterocycles. The van der Waals surface area contributed by atoms with Gasteiger partial charge in [-0.1, -0.05) is 48.0 Å². The van der Waals surface area contributed by atoms with Crippen LogP contribution in [-0.2, 0) is 10.0 Å². The number of fused-ring (bicyclic) bond motifs is 1. The van der Waals surface area contributed by atoms with E-state index in [-0.39, 0.29) is 6.04 Å². The highest BCUT2D eigenvalue weighted by Gasteiger charge is 2.34. The van der Waals surface area contributed by atoms with E-state index in [0.29, 0.717) is 4.90 Å². The van der Waals surface area contributed by atoms with E-state index in [1.165, 1.54) is 0 Å². The van der Waals surface area contributed by atoms with Crippen LogP contribution in [0.4, 0.5) is 0 Å². The maximum Gasteiger partial charge on any atom is 0.241 e. The van der Waals surface area contributed by atoms with Crippen molar-refractivity contribution in [3.63, 3.8) is 0 Å². The molecule has 1 unspecified atom stereocenters. The summed E-state index contributed by atoms with van der Waals surface area (Å²) in [6.45, 7) is 2.01. The summed E-state index contributed by atoms with van der Waals surface area (Å²) in [7, 11) is -3.36. The maximum absolute atomic E-state index is 12.0. The van der Waals surface area contributed by atoms with E-state index in [1.54, 1.807) is 12.1 Å². The molecule has 0 saturated heterocycles. The van der Waals surface area contributed by atoms with Crippen LogP contribution in [0.2, 0.25) is 0 Å². The van der Waals surface area contributed by atoms with Crippen LogP contribution in [0.5, 0.6) is 0 Å². The van der Waals surface area contributed by atoms with Gasteiger partial charge < -0.3 is 0 Å². The van der Waals surface area contributed by atoms with E-state index in [9.17, 15) is 8.42 Å². The molecule has 0 radical (unpaired) electrons. The third-order valence-corrected chi connectivity index (χ3v) is 4.70. The van der Waals surface area contributed by atoms with Crippen molar-refractivity contribution in [1.82, 2.24) is 4.72 Å². The Morgan fingerprint density at radius 1 is 1.00 bits per heavy atom. The molecular weight excluding hydrogens is 246 g/mol. The van der Waals surface area contributed by atoms with Gasteiger partial charge in [-0.2, -0.15) is 4.72 Å². The second-order valence-corrected chi connectivity index (χ2v) is 6.19. The number of aryl methyl sites for hydroxylation is 1. The smallest absolute Gasteiger partial charge is 0.207 e. The fraction of sp³-hybridized carbons (Fsp3) is 0.143. The van der Waals surface area contributed by atoms with E-state index in [1.807, 2.05) is 43.3 Å². The third kappa shape index (κ3) is 1.74. The monoisotopic (exact) mass is 259 g/mol. The van der Waals surface area contributed by atoms with Crippen molar-refractivity contribution in [2.75, 3.05) is 0 Å². The summed E-state index contributed by atoms with van der Waals surface area (Å²) in [6, 6.07) is 14.7. The first-order valence-electron chi connectivity index (χ1n) is 5.76. The topological polar surface area (TPSA) is 46.2 Å².